The predicted molar refractivity (Wildman–Crippen MR) is 69.2 cm³/mol. The lowest BCUT2D eigenvalue weighted by Crippen LogP contribution is -2.35. The Balaban J connectivity index is 4.90. The summed E-state index contributed by atoms with van der Waals surface area (Å²) in [6.45, 7) is 6.38. The van der Waals surface area contributed by atoms with E-state index in [4.69, 9.17) is 8.37 Å². The molecular formula is C10H22O6S2. The van der Waals surface area contributed by atoms with Crippen LogP contribution < -0.4 is 0 Å². The number of hydrogen-bond donors (Lipinski definition) is 0. The van der Waals surface area contributed by atoms with Crippen LogP contribution in [0.3, 0.4) is 0 Å². The van der Waals surface area contributed by atoms with Gasteiger partial charge < -0.3 is 0 Å². The second-order valence-electron chi connectivity index (χ2n) is 3.78. The van der Waals surface area contributed by atoms with Gasteiger partial charge in [0.2, 0.25) is 0 Å². The minimum Gasteiger partial charge on any atom is -0.264 e. The summed E-state index contributed by atoms with van der Waals surface area (Å²) >= 11 is 0. The molecule has 0 spiro atoms. The van der Waals surface area contributed by atoms with Gasteiger partial charge in [-0.25, -0.2) is 0 Å². The van der Waals surface area contributed by atoms with E-state index in [-0.39, 0.29) is 11.5 Å². The molecule has 0 aromatic carbocycles. The third-order valence-corrected chi connectivity index (χ3v) is 4.96. The van der Waals surface area contributed by atoms with Crippen molar-refractivity contribution in [1.29, 1.82) is 0 Å². The highest BCUT2D eigenvalue weighted by Gasteiger charge is 2.28. The molecule has 0 radical (unpaired) electrons. The standard InChI is InChI=1S/C10H22O6S2/c1-5-9(15-17(11,12)7-3)10(6-2)16-18(13,14)8-4/h9-10H,5-8H2,1-4H3. The molecule has 0 bridgehead atoms. The average molecular weight is 302 g/mol. The molecule has 0 rings (SSSR count). The van der Waals surface area contributed by atoms with Gasteiger partial charge in [0.15, 0.2) is 0 Å². The van der Waals surface area contributed by atoms with Crippen LogP contribution >= 0.6 is 0 Å². The Morgan fingerprint density at radius 3 is 1.17 bits per heavy atom. The fourth-order valence-corrected chi connectivity index (χ4v) is 2.84. The van der Waals surface area contributed by atoms with Crippen LogP contribution in [0.5, 0.6) is 0 Å². The molecular weight excluding hydrogens is 280 g/mol. The number of hydrogen-bond acceptors (Lipinski definition) is 6. The minimum atomic E-state index is -3.62. The Labute approximate surface area is 110 Å². The first-order valence-corrected chi connectivity index (χ1v) is 9.18. The summed E-state index contributed by atoms with van der Waals surface area (Å²) in [6, 6.07) is 0. The second kappa shape index (κ2) is 7.42. The lowest BCUT2D eigenvalue weighted by molar-refractivity contribution is 0.0581. The molecule has 18 heavy (non-hydrogen) atoms. The summed E-state index contributed by atoms with van der Waals surface area (Å²) in [6.07, 6.45) is -0.837. The smallest absolute Gasteiger partial charge is 0.264 e. The Morgan fingerprint density at radius 2 is 1.00 bits per heavy atom. The van der Waals surface area contributed by atoms with Crippen molar-refractivity contribution in [3.8, 4) is 0 Å². The molecule has 110 valence electrons. The van der Waals surface area contributed by atoms with Crippen molar-refractivity contribution in [2.45, 2.75) is 52.7 Å². The van der Waals surface area contributed by atoms with Gasteiger partial charge >= 0.3 is 0 Å². The fourth-order valence-electron chi connectivity index (χ4n) is 1.30. The van der Waals surface area contributed by atoms with Crippen molar-refractivity contribution in [3.05, 3.63) is 0 Å². The number of rotatable bonds is 9. The van der Waals surface area contributed by atoms with E-state index in [1.54, 1.807) is 13.8 Å². The van der Waals surface area contributed by atoms with E-state index >= 15 is 0 Å². The third-order valence-electron chi connectivity index (χ3n) is 2.47. The van der Waals surface area contributed by atoms with Crippen LogP contribution in [0.2, 0.25) is 0 Å². The van der Waals surface area contributed by atoms with Gasteiger partial charge in [-0.15, -0.1) is 0 Å². The summed E-state index contributed by atoms with van der Waals surface area (Å²) in [5.74, 6) is -0.305. The molecule has 8 heteroatoms. The van der Waals surface area contributed by atoms with Gasteiger partial charge in [-0.1, -0.05) is 13.8 Å². The lowest BCUT2D eigenvalue weighted by atomic mass is 10.1. The summed E-state index contributed by atoms with van der Waals surface area (Å²) in [4.78, 5) is 0. The van der Waals surface area contributed by atoms with E-state index in [9.17, 15) is 16.8 Å². The molecule has 0 fully saturated rings. The van der Waals surface area contributed by atoms with Gasteiger partial charge in [0.25, 0.3) is 20.2 Å². The zero-order valence-corrected chi connectivity index (χ0v) is 12.9. The summed E-state index contributed by atoms with van der Waals surface area (Å²) in [7, 11) is -7.25. The highest BCUT2D eigenvalue weighted by molar-refractivity contribution is 7.87. The van der Waals surface area contributed by atoms with Crippen LogP contribution in [0.4, 0.5) is 0 Å². The maximum Gasteiger partial charge on any atom is 0.267 e. The monoisotopic (exact) mass is 302 g/mol. The third kappa shape index (κ3) is 6.12. The molecule has 2 atom stereocenters. The Morgan fingerprint density at radius 1 is 0.722 bits per heavy atom. The van der Waals surface area contributed by atoms with Gasteiger partial charge in [0.05, 0.1) is 11.5 Å². The van der Waals surface area contributed by atoms with Gasteiger partial charge in [-0.3, -0.25) is 8.37 Å². The van der Waals surface area contributed by atoms with E-state index in [2.05, 4.69) is 0 Å². The normalized spacial score (nSPS) is 16.4. The second-order valence-corrected chi connectivity index (χ2v) is 7.55. The Bertz CT molecular complexity index is 383. The van der Waals surface area contributed by atoms with Crippen LogP contribution in [0, 0.1) is 0 Å². The molecule has 0 aromatic heterocycles. The van der Waals surface area contributed by atoms with E-state index < -0.39 is 32.4 Å². The SMILES string of the molecule is CCC(OS(=O)(=O)CC)C(CC)OS(=O)(=O)CC. The topological polar surface area (TPSA) is 86.7 Å². The zero-order valence-electron chi connectivity index (χ0n) is 11.2. The summed E-state index contributed by atoms with van der Waals surface area (Å²) in [5.41, 5.74) is 0. The fraction of sp³-hybridized carbons (Fsp3) is 1.00. The molecule has 0 aliphatic carbocycles. The molecule has 0 aliphatic heterocycles. The van der Waals surface area contributed by atoms with E-state index in [0.717, 1.165) is 0 Å². The first kappa shape index (κ1) is 17.8. The molecule has 6 nitrogen and oxygen atoms in total. The quantitative estimate of drug-likeness (QED) is 0.596. The van der Waals surface area contributed by atoms with Crippen molar-refractivity contribution < 1.29 is 25.2 Å². The lowest BCUT2D eigenvalue weighted by Gasteiger charge is -2.24. The van der Waals surface area contributed by atoms with Crippen LogP contribution in [0.15, 0.2) is 0 Å². The van der Waals surface area contributed by atoms with Gasteiger partial charge in [0, 0.05) is 0 Å². The highest BCUT2D eigenvalue weighted by Crippen LogP contribution is 2.17. The first-order valence-electron chi connectivity index (χ1n) is 6.03. The average Bonchev–Trinajstić information content (AvgIpc) is 2.33. The van der Waals surface area contributed by atoms with Gasteiger partial charge in [-0.2, -0.15) is 16.8 Å². The maximum absolute atomic E-state index is 11.4. The predicted octanol–water partition coefficient (Wildman–Crippen LogP) is 1.28. The minimum absolute atomic E-state index is 0.152. The largest absolute Gasteiger partial charge is 0.267 e. The molecule has 2 unspecified atom stereocenters. The van der Waals surface area contributed by atoms with E-state index in [1.165, 1.54) is 13.8 Å². The van der Waals surface area contributed by atoms with Crippen molar-refractivity contribution in [1.82, 2.24) is 0 Å². The van der Waals surface area contributed by atoms with Crippen molar-refractivity contribution in [3.63, 3.8) is 0 Å². The van der Waals surface area contributed by atoms with Crippen LogP contribution in [0.25, 0.3) is 0 Å². The summed E-state index contributed by atoms with van der Waals surface area (Å²) < 4.78 is 55.5. The van der Waals surface area contributed by atoms with Gasteiger partial charge in [0.1, 0.15) is 12.2 Å². The van der Waals surface area contributed by atoms with Gasteiger partial charge in [-0.05, 0) is 26.7 Å². The molecule has 0 saturated carbocycles. The van der Waals surface area contributed by atoms with Crippen molar-refractivity contribution in [2.75, 3.05) is 11.5 Å². The van der Waals surface area contributed by atoms with Crippen molar-refractivity contribution >= 4 is 20.2 Å². The van der Waals surface area contributed by atoms with E-state index in [0.29, 0.717) is 12.8 Å². The van der Waals surface area contributed by atoms with Crippen LogP contribution in [0.1, 0.15) is 40.5 Å². The first-order chi connectivity index (χ1) is 8.21. The molecule has 0 heterocycles. The Kier molecular flexibility index (Phi) is 7.34. The van der Waals surface area contributed by atoms with Crippen LogP contribution in [-0.2, 0) is 28.6 Å². The molecule has 0 amide bonds. The molecule has 0 saturated heterocycles. The maximum atomic E-state index is 11.4. The summed E-state index contributed by atoms with van der Waals surface area (Å²) in [5, 5.41) is 0. The van der Waals surface area contributed by atoms with E-state index in [1.807, 2.05) is 0 Å². The zero-order chi connectivity index (χ0) is 14.4. The van der Waals surface area contributed by atoms with Crippen molar-refractivity contribution in [2.24, 2.45) is 0 Å². The molecule has 0 aliphatic rings. The molecule has 0 N–H and O–H groups in total. The highest BCUT2D eigenvalue weighted by atomic mass is 32.2. The van der Waals surface area contributed by atoms with Crippen LogP contribution in [-0.4, -0.2) is 40.5 Å². The molecule has 0 aromatic rings. The Hall–Kier alpha value is -0.180.